The summed E-state index contributed by atoms with van der Waals surface area (Å²) in [7, 11) is 1.57. The van der Waals surface area contributed by atoms with Gasteiger partial charge in [0.25, 0.3) is 0 Å². The predicted octanol–water partition coefficient (Wildman–Crippen LogP) is 1.55. The Balaban J connectivity index is 2.52. The number of hydrogen-bond donors (Lipinski definition) is 3. The Morgan fingerprint density at radius 2 is 2.16 bits per heavy atom. The largest absolute Gasteiger partial charge is 0.497 e. The van der Waals surface area contributed by atoms with E-state index in [1.54, 1.807) is 13.2 Å². The molecule has 0 radical (unpaired) electrons. The molecule has 1 aromatic carbocycles. The van der Waals surface area contributed by atoms with E-state index in [1.807, 2.05) is 44.2 Å². The van der Waals surface area contributed by atoms with Crippen molar-refractivity contribution in [2.75, 3.05) is 7.11 Å². The Morgan fingerprint density at radius 3 is 2.80 bits per heavy atom. The lowest BCUT2D eigenvalue weighted by Crippen LogP contribution is -2.47. The molecule has 1 atom stereocenters. The maximum Gasteiger partial charge on any atom is 0.329 e. The minimum Gasteiger partial charge on any atom is -0.497 e. The fourth-order valence-electron chi connectivity index (χ4n) is 2.59. The van der Waals surface area contributed by atoms with Gasteiger partial charge in [-0.25, -0.2) is 20.6 Å². The molecule has 0 saturated carbocycles. The molecule has 2 aromatic rings. The van der Waals surface area contributed by atoms with Crippen LogP contribution in [0.4, 0.5) is 4.79 Å². The number of rotatable bonds is 5. The smallest absolute Gasteiger partial charge is 0.329 e. The quantitative estimate of drug-likeness (QED) is 0.431. The van der Waals surface area contributed by atoms with Crippen LogP contribution in [0.1, 0.15) is 37.0 Å². The Hall–Kier alpha value is -3.18. The summed E-state index contributed by atoms with van der Waals surface area (Å²) < 4.78 is 5.27. The summed E-state index contributed by atoms with van der Waals surface area (Å²) in [5.74, 6) is 5.96. The number of amides is 2. The van der Waals surface area contributed by atoms with E-state index in [2.05, 4.69) is 20.7 Å². The Morgan fingerprint density at radius 1 is 1.40 bits per heavy atom. The zero-order valence-electron chi connectivity index (χ0n) is 14.3. The number of carbonyl (C=O) groups excluding carboxylic acids is 1. The predicted molar refractivity (Wildman–Crippen MR) is 91.4 cm³/mol. The Kier molecular flexibility index (Phi) is 5.52. The van der Waals surface area contributed by atoms with E-state index in [9.17, 15) is 4.79 Å². The number of aromatic nitrogens is 2. The van der Waals surface area contributed by atoms with Gasteiger partial charge in [-0.2, -0.15) is 5.26 Å². The van der Waals surface area contributed by atoms with Crippen molar-refractivity contribution in [1.29, 1.82) is 5.26 Å². The molecule has 0 spiro atoms. The topological polar surface area (TPSA) is 126 Å². The molecule has 25 heavy (non-hydrogen) atoms. The number of nitrogens with two attached hydrogens (primary N) is 1. The molecule has 0 fully saturated rings. The van der Waals surface area contributed by atoms with Crippen molar-refractivity contribution in [3.63, 3.8) is 0 Å². The monoisotopic (exact) mass is 340 g/mol. The van der Waals surface area contributed by atoms with Gasteiger partial charge in [0.1, 0.15) is 11.8 Å². The van der Waals surface area contributed by atoms with Crippen LogP contribution in [0.3, 0.4) is 0 Å². The molecule has 1 heterocycles. The number of ether oxygens (including phenoxy) is 1. The Labute approximate surface area is 146 Å². The number of nitrogens with zero attached hydrogens (tertiary/aromatic N) is 3. The third kappa shape index (κ3) is 4.02. The molecule has 0 aliphatic rings. The first kappa shape index (κ1) is 18.2. The molecule has 8 heteroatoms. The first-order valence-corrected chi connectivity index (χ1v) is 7.57. The standard InChI is InChI=1S/C17H20N6O2/c1-17(2,13-7-8-20-14(10-18)21-13)15(22-16(24)23-19)11-5-4-6-12(9-11)25-3/h4-9,15H,19H2,1-3H3,(H2,22,23,24). The molecule has 2 rings (SSSR count). The molecule has 8 nitrogen and oxygen atoms in total. The zero-order chi connectivity index (χ0) is 18.4. The SMILES string of the molecule is COc1cccc(C(NC(=O)NN)C(C)(C)c2ccnc(C#N)n2)c1. The zero-order valence-corrected chi connectivity index (χ0v) is 14.3. The number of urea groups is 1. The highest BCUT2D eigenvalue weighted by Crippen LogP contribution is 2.36. The van der Waals surface area contributed by atoms with Gasteiger partial charge in [-0.05, 0) is 23.8 Å². The fourth-order valence-corrected chi connectivity index (χ4v) is 2.59. The van der Waals surface area contributed by atoms with Gasteiger partial charge < -0.3 is 10.1 Å². The molecule has 0 aliphatic heterocycles. The molecular formula is C17H20N6O2. The first-order chi connectivity index (χ1) is 11.9. The second kappa shape index (κ2) is 7.59. The van der Waals surface area contributed by atoms with Gasteiger partial charge in [-0.15, -0.1) is 0 Å². The number of hydrazine groups is 1. The van der Waals surface area contributed by atoms with E-state index < -0.39 is 17.5 Å². The van der Waals surface area contributed by atoms with Crippen LogP contribution in [-0.2, 0) is 5.41 Å². The van der Waals surface area contributed by atoms with Gasteiger partial charge in [-0.3, -0.25) is 5.43 Å². The van der Waals surface area contributed by atoms with E-state index in [4.69, 9.17) is 15.8 Å². The van der Waals surface area contributed by atoms with E-state index in [1.165, 1.54) is 6.20 Å². The lowest BCUT2D eigenvalue weighted by Gasteiger charge is -2.34. The lowest BCUT2D eigenvalue weighted by atomic mass is 9.77. The van der Waals surface area contributed by atoms with E-state index in [0.29, 0.717) is 11.4 Å². The molecule has 0 aliphatic carbocycles. The highest BCUT2D eigenvalue weighted by molar-refractivity contribution is 5.74. The summed E-state index contributed by atoms with van der Waals surface area (Å²) >= 11 is 0. The average molecular weight is 340 g/mol. The van der Waals surface area contributed by atoms with Crippen molar-refractivity contribution in [1.82, 2.24) is 20.7 Å². The minimum absolute atomic E-state index is 0.0678. The van der Waals surface area contributed by atoms with Crippen LogP contribution in [-0.4, -0.2) is 23.1 Å². The van der Waals surface area contributed by atoms with E-state index in [-0.39, 0.29) is 5.82 Å². The summed E-state index contributed by atoms with van der Waals surface area (Å²) in [4.78, 5) is 20.1. The number of nitrogens with one attached hydrogen (secondary N) is 2. The second-order valence-corrected chi connectivity index (χ2v) is 5.93. The molecule has 130 valence electrons. The van der Waals surface area contributed by atoms with E-state index in [0.717, 1.165) is 5.56 Å². The molecule has 1 aromatic heterocycles. The number of hydrogen-bond acceptors (Lipinski definition) is 6. The van der Waals surface area contributed by atoms with Crippen LogP contribution in [0, 0.1) is 11.3 Å². The number of methoxy groups -OCH3 is 1. The van der Waals surface area contributed by atoms with Crippen molar-refractivity contribution in [3.05, 3.63) is 53.6 Å². The second-order valence-electron chi connectivity index (χ2n) is 5.93. The Bertz CT molecular complexity index is 800. The maximum absolute atomic E-state index is 11.9. The van der Waals surface area contributed by atoms with Crippen molar-refractivity contribution in [2.24, 2.45) is 5.84 Å². The van der Waals surface area contributed by atoms with Gasteiger partial charge >= 0.3 is 6.03 Å². The number of benzene rings is 1. The van der Waals surface area contributed by atoms with Crippen molar-refractivity contribution < 1.29 is 9.53 Å². The minimum atomic E-state index is -0.659. The van der Waals surface area contributed by atoms with Crippen molar-refractivity contribution in [2.45, 2.75) is 25.3 Å². The van der Waals surface area contributed by atoms with Crippen LogP contribution in [0.25, 0.3) is 0 Å². The average Bonchev–Trinajstić information content (AvgIpc) is 2.65. The fraction of sp³-hybridized carbons (Fsp3) is 0.294. The number of nitriles is 1. The molecule has 0 saturated heterocycles. The molecule has 4 N–H and O–H groups in total. The summed E-state index contributed by atoms with van der Waals surface area (Å²) in [6.07, 6.45) is 1.52. The van der Waals surface area contributed by atoms with Crippen LogP contribution in [0.5, 0.6) is 5.75 Å². The van der Waals surface area contributed by atoms with Gasteiger partial charge in [0, 0.05) is 11.6 Å². The first-order valence-electron chi connectivity index (χ1n) is 7.57. The van der Waals surface area contributed by atoms with E-state index >= 15 is 0 Å². The van der Waals surface area contributed by atoms with Crippen LogP contribution in [0.2, 0.25) is 0 Å². The molecular weight excluding hydrogens is 320 g/mol. The summed E-state index contributed by atoms with van der Waals surface area (Å²) in [6, 6.07) is 9.98. The van der Waals surface area contributed by atoms with Gasteiger partial charge in [-0.1, -0.05) is 26.0 Å². The highest BCUT2D eigenvalue weighted by Gasteiger charge is 2.35. The number of carbonyl (C=O) groups is 1. The molecule has 0 bridgehead atoms. The highest BCUT2D eigenvalue weighted by atomic mass is 16.5. The third-order valence-electron chi connectivity index (χ3n) is 3.97. The van der Waals surface area contributed by atoms with Crippen LogP contribution < -0.4 is 21.3 Å². The maximum atomic E-state index is 11.9. The van der Waals surface area contributed by atoms with Crippen LogP contribution in [0.15, 0.2) is 36.5 Å². The van der Waals surface area contributed by atoms with Crippen molar-refractivity contribution in [3.8, 4) is 11.8 Å². The van der Waals surface area contributed by atoms with Crippen molar-refractivity contribution >= 4 is 6.03 Å². The summed E-state index contributed by atoms with van der Waals surface area (Å²) in [6.45, 7) is 3.83. The van der Waals surface area contributed by atoms with Gasteiger partial charge in [0.15, 0.2) is 0 Å². The van der Waals surface area contributed by atoms with Crippen LogP contribution >= 0.6 is 0 Å². The third-order valence-corrected chi connectivity index (χ3v) is 3.97. The normalized spacial score (nSPS) is 12.0. The summed E-state index contributed by atoms with van der Waals surface area (Å²) in [5, 5.41) is 11.9. The molecule has 1 unspecified atom stereocenters. The molecule has 2 amide bonds. The lowest BCUT2D eigenvalue weighted by molar-refractivity contribution is 0.229. The van der Waals surface area contributed by atoms with Gasteiger partial charge in [0.2, 0.25) is 5.82 Å². The van der Waals surface area contributed by atoms with Gasteiger partial charge in [0.05, 0.1) is 18.8 Å². The summed E-state index contributed by atoms with van der Waals surface area (Å²) in [5.41, 5.74) is 2.84.